The number of hydrogen-bond donors (Lipinski definition) is 3. The second-order valence-corrected chi connectivity index (χ2v) is 15.9. The molecule has 7 nitrogen and oxygen atoms in total. The SMILES string of the molecule is CC1(C)COC2(CCC3=C4[C@@H](CC[C@@]3(O)C2)[C@@H]2CC[C@@](O)(/C=C\COC3CCCCO3)[C@@]2(C)C[C@@H]4c2ccc(N)cc2)OC1. The van der Waals surface area contributed by atoms with Gasteiger partial charge in [0.2, 0.25) is 0 Å². The monoisotopic (exact) mass is 607 g/mol. The summed E-state index contributed by atoms with van der Waals surface area (Å²) in [6.45, 7) is 9.16. The van der Waals surface area contributed by atoms with Crippen molar-refractivity contribution in [1.29, 1.82) is 0 Å². The summed E-state index contributed by atoms with van der Waals surface area (Å²) in [5.41, 5.74) is 8.57. The number of allylic oxidation sites excluding steroid dienone is 1. The van der Waals surface area contributed by atoms with E-state index in [2.05, 4.69) is 32.9 Å². The molecule has 3 saturated carbocycles. The molecule has 7 atom stereocenters. The zero-order valence-electron chi connectivity index (χ0n) is 27.0. The van der Waals surface area contributed by atoms with E-state index in [1.165, 1.54) is 16.7 Å². The van der Waals surface area contributed by atoms with Gasteiger partial charge in [0.15, 0.2) is 12.1 Å². The van der Waals surface area contributed by atoms with Gasteiger partial charge in [-0.05, 0) is 92.9 Å². The van der Waals surface area contributed by atoms with Crippen LogP contribution in [0.15, 0.2) is 47.6 Å². The Labute approximate surface area is 263 Å². The fourth-order valence-corrected chi connectivity index (χ4v) is 9.84. The Kier molecular flexibility index (Phi) is 7.87. The first-order valence-electron chi connectivity index (χ1n) is 17.2. The van der Waals surface area contributed by atoms with Gasteiger partial charge in [-0.15, -0.1) is 0 Å². The molecular formula is C37H53NO6. The van der Waals surface area contributed by atoms with Crippen molar-refractivity contribution >= 4 is 5.69 Å². The Morgan fingerprint density at radius 1 is 0.977 bits per heavy atom. The standard InChI is InChI=1S/C37H53NO6/c1-33(2)23-43-37(44-24-33)18-14-30-32-27(12-16-35(30,39)22-37)29-13-17-36(40,15-6-20-42-31-7-4-5-19-41-31)34(29,3)21-28(32)25-8-10-26(38)11-9-25/h6,8-11,15,27-29,31,39-40H,4-5,7,12-14,16-24,38H2,1-3H3/b15-6-/t27-,28+,29-,31?,34-,35+,36-/m0/s1. The summed E-state index contributed by atoms with van der Waals surface area (Å²) in [5.74, 6) is 0.0667. The third-order valence-corrected chi connectivity index (χ3v) is 12.3. The fraction of sp³-hybridized carbons (Fsp3) is 0.730. The number of benzene rings is 1. The van der Waals surface area contributed by atoms with Crippen molar-refractivity contribution in [3.63, 3.8) is 0 Å². The summed E-state index contributed by atoms with van der Waals surface area (Å²) in [7, 11) is 0. The molecule has 5 fully saturated rings. The Bertz CT molecular complexity index is 1270. The number of ether oxygens (including phenoxy) is 4. The van der Waals surface area contributed by atoms with Crippen molar-refractivity contribution in [2.24, 2.45) is 22.7 Å². The lowest BCUT2D eigenvalue weighted by atomic mass is 9.49. The van der Waals surface area contributed by atoms with Crippen LogP contribution in [-0.2, 0) is 18.9 Å². The van der Waals surface area contributed by atoms with Crippen LogP contribution in [0.2, 0.25) is 0 Å². The van der Waals surface area contributed by atoms with Crippen molar-refractivity contribution in [3.8, 4) is 0 Å². The van der Waals surface area contributed by atoms with E-state index in [1.54, 1.807) is 0 Å². The lowest BCUT2D eigenvalue weighted by Gasteiger charge is -2.58. The normalized spacial score (nSPS) is 41.4. The van der Waals surface area contributed by atoms with Crippen LogP contribution < -0.4 is 5.73 Å². The molecule has 44 heavy (non-hydrogen) atoms. The minimum Gasteiger partial charge on any atom is -0.399 e. The molecule has 2 aliphatic heterocycles. The lowest BCUT2D eigenvalue weighted by Crippen LogP contribution is -2.58. The number of nitrogens with two attached hydrogens (primary N) is 1. The van der Waals surface area contributed by atoms with Gasteiger partial charge in [-0.2, -0.15) is 0 Å². The van der Waals surface area contributed by atoms with Crippen LogP contribution in [-0.4, -0.2) is 59.9 Å². The van der Waals surface area contributed by atoms with Gasteiger partial charge in [0.25, 0.3) is 0 Å². The summed E-state index contributed by atoms with van der Waals surface area (Å²) in [4.78, 5) is 0. The Hall–Kier alpha value is -1.74. The smallest absolute Gasteiger partial charge is 0.171 e. The maximum absolute atomic E-state index is 12.4. The molecule has 2 heterocycles. The van der Waals surface area contributed by atoms with Crippen molar-refractivity contribution < 1.29 is 29.2 Å². The van der Waals surface area contributed by atoms with Crippen LogP contribution in [0.4, 0.5) is 5.69 Å². The van der Waals surface area contributed by atoms with Gasteiger partial charge in [-0.3, -0.25) is 0 Å². The molecule has 0 aromatic heterocycles. The van der Waals surface area contributed by atoms with Crippen molar-refractivity contribution in [3.05, 3.63) is 53.1 Å². The average molecular weight is 608 g/mol. The molecular weight excluding hydrogens is 554 g/mol. The molecule has 242 valence electrons. The molecule has 7 heteroatoms. The molecule has 1 unspecified atom stereocenters. The van der Waals surface area contributed by atoms with Gasteiger partial charge >= 0.3 is 0 Å². The number of anilines is 1. The molecule has 1 aromatic carbocycles. The fourth-order valence-electron chi connectivity index (χ4n) is 9.84. The first-order valence-corrected chi connectivity index (χ1v) is 17.2. The lowest BCUT2D eigenvalue weighted by molar-refractivity contribution is -0.322. The van der Waals surface area contributed by atoms with Gasteiger partial charge in [-0.1, -0.05) is 50.6 Å². The Morgan fingerprint density at radius 2 is 1.75 bits per heavy atom. The van der Waals surface area contributed by atoms with Gasteiger partial charge in [-0.25, -0.2) is 0 Å². The molecule has 2 saturated heterocycles. The van der Waals surface area contributed by atoms with Gasteiger partial charge in [0.1, 0.15) is 0 Å². The largest absolute Gasteiger partial charge is 0.399 e. The van der Waals surface area contributed by atoms with Crippen molar-refractivity contribution in [2.45, 2.75) is 121 Å². The summed E-state index contributed by atoms with van der Waals surface area (Å²) in [6.07, 6.45) is 13.3. The quantitative estimate of drug-likeness (QED) is 0.263. The number of fused-ring (bicyclic) bond motifs is 4. The van der Waals surface area contributed by atoms with E-state index in [9.17, 15) is 10.2 Å². The van der Waals surface area contributed by atoms with Gasteiger partial charge < -0.3 is 34.9 Å². The predicted octanol–water partition coefficient (Wildman–Crippen LogP) is 6.39. The van der Waals surface area contributed by atoms with Crippen LogP contribution in [0.1, 0.15) is 103 Å². The Balaban J connectivity index is 1.20. The maximum Gasteiger partial charge on any atom is 0.171 e. The zero-order chi connectivity index (χ0) is 30.8. The van der Waals surface area contributed by atoms with Crippen LogP contribution in [0.3, 0.4) is 0 Å². The molecule has 4 aliphatic carbocycles. The van der Waals surface area contributed by atoms with Crippen molar-refractivity contribution in [1.82, 2.24) is 0 Å². The molecule has 4 N–H and O–H groups in total. The number of hydrogen-bond acceptors (Lipinski definition) is 7. The van der Waals surface area contributed by atoms with E-state index >= 15 is 0 Å². The van der Waals surface area contributed by atoms with Gasteiger partial charge in [0.05, 0.1) is 31.0 Å². The van der Waals surface area contributed by atoms with E-state index in [0.717, 1.165) is 70.1 Å². The minimum absolute atomic E-state index is 0.0121. The third kappa shape index (κ3) is 5.29. The van der Waals surface area contributed by atoms with Crippen LogP contribution in [0.25, 0.3) is 0 Å². The van der Waals surface area contributed by atoms with E-state index in [-0.39, 0.29) is 23.0 Å². The highest BCUT2D eigenvalue weighted by molar-refractivity contribution is 5.47. The highest BCUT2D eigenvalue weighted by Gasteiger charge is 2.64. The second-order valence-electron chi connectivity index (χ2n) is 15.9. The third-order valence-electron chi connectivity index (χ3n) is 12.3. The molecule has 0 amide bonds. The highest BCUT2D eigenvalue weighted by Crippen LogP contribution is 2.68. The van der Waals surface area contributed by atoms with Crippen LogP contribution in [0.5, 0.6) is 0 Å². The molecule has 7 rings (SSSR count). The predicted molar refractivity (Wildman–Crippen MR) is 170 cm³/mol. The van der Waals surface area contributed by atoms with Gasteiger partial charge in [0, 0.05) is 41.9 Å². The number of aliphatic hydroxyl groups is 2. The van der Waals surface area contributed by atoms with E-state index < -0.39 is 17.0 Å². The summed E-state index contributed by atoms with van der Waals surface area (Å²) in [5, 5.41) is 24.8. The summed E-state index contributed by atoms with van der Waals surface area (Å²) >= 11 is 0. The molecule has 6 aliphatic rings. The number of rotatable bonds is 5. The van der Waals surface area contributed by atoms with Crippen molar-refractivity contribution in [2.75, 3.05) is 32.2 Å². The van der Waals surface area contributed by atoms with Crippen LogP contribution in [0, 0.1) is 22.7 Å². The Morgan fingerprint density at radius 3 is 2.48 bits per heavy atom. The second kappa shape index (κ2) is 11.2. The zero-order valence-corrected chi connectivity index (χ0v) is 27.0. The minimum atomic E-state index is -0.932. The summed E-state index contributed by atoms with van der Waals surface area (Å²) in [6, 6.07) is 8.30. The first kappa shape index (κ1) is 30.9. The van der Waals surface area contributed by atoms with E-state index in [0.29, 0.717) is 44.5 Å². The molecule has 1 spiro atoms. The molecule has 0 radical (unpaired) electrons. The molecule has 1 aromatic rings. The first-order chi connectivity index (χ1) is 21.0. The summed E-state index contributed by atoms with van der Waals surface area (Å²) < 4.78 is 24.6. The van der Waals surface area contributed by atoms with E-state index in [1.807, 2.05) is 24.3 Å². The van der Waals surface area contributed by atoms with Crippen LogP contribution >= 0.6 is 0 Å². The van der Waals surface area contributed by atoms with E-state index in [4.69, 9.17) is 24.7 Å². The molecule has 0 bridgehead atoms. The topological polar surface area (TPSA) is 103 Å². The highest BCUT2D eigenvalue weighted by atomic mass is 16.7. The number of nitrogen functional groups attached to an aromatic ring is 1. The average Bonchev–Trinajstić information content (AvgIpc) is 3.27. The maximum atomic E-state index is 12.4.